The van der Waals surface area contributed by atoms with Crippen LogP contribution in [0.3, 0.4) is 0 Å². The number of halogens is 5. The van der Waals surface area contributed by atoms with Gasteiger partial charge in [-0.15, -0.1) is 0 Å². The van der Waals surface area contributed by atoms with E-state index in [2.05, 4.69) is 31.0 Å². The van der Waals surface area contributed by atoms with Gasteiger partial charge in [-0.2, -0.15) is 18.3 Å². The van der Waals surface area contributed by atoms with Gasteiger partial charge in [0.05, 0.1) is 46.8 Å². The molecule has 0 saturated carbocycles. The van der Waals surface area contributed by atoms with Crippen molar-refractivity contribution in [3.63, 3.8) is 0 Å². The fourth-order valence-electron chi connectivity index (χ4n) is 3.88. The molecule has 0 spiro atoms. The Morgan fingerprint density at radius 2 is 1.98 bits per heavy atom. The highest BCUT2D eigenvalue weighted by molar-refractivity contribution is 6.36. The van der Waals surface area contributed by atoms with Crippen LogP contribution >= 0.6 is 11.6 Å². The summed E-state index contributed by atoms with van der Waals surface area (Å²) in [6.45, 7) is -1.14. The second kappa shape index (κ2) is 12.8. The van der Waals surface area contributed by atoms with E-state index in [-0.39, 0.29) is 77.4 Å². The van der Waals surface area contributed by atoms with E-state index < -0.39 is 30.4 Å². The highest BCUT2D eigenvalue weighted by atomic mass is 35.5. The van der Waals surface area contributed by atoms with E-state index in [4.69, 9.17) is 22.1 Å². The van der Waals surface area contributed by atoms with Crippen molar-refractivity contribution in [2.45, 2.75) is 12.7 Å². The van der Waals surface area contributed by atoms with Gasteiger partial charge in [-0.3, -0.25) is 23.5 Å². The number of nitrogens with one attached hydrogen (secondary N) is 3. The van der Waals surface area contributed by atoms with E-state index in [1.54, 1.807) is 0 Å². The number of aromatic nitrogens is 5. The molecule has 0 bridgehead atoms. The maximum Gasteiger partial charge on any atom is 0.435 e. The highest BCUT2D eigenvalue weighted by Gasteiger charge is 2.38. The number of rotatable bonds is 12. The Hall–Kier alpha value is -4.77. The SMILES string of the molecule is NCCNC(=O)CNC(=O)c1ccc(Nc2nccn3c(-c4cn(CCF)nc4C(F)(F)F)cnc23)c(OC=O)c1Cl. The van der Waals surface area contributed by atoms with E-state index in [1.807, 2.05) is 0 Å². The zero-order valence-corrected chi connectivity index (χ0v) is 22.2. The Morgan fingerprint density at radius 3 is 2.67 bits per heavy atom. The monoisotopic (exact) mass is 611 g/mol. The molecule has 4 aromatic rings. The molecule has 13 nitrogen and oxygen atoms in total. The molecule has 0 saturated heterocycles. The van der Waals surface area contributed by atoms with Crippen molar-refractivity contribution in [1.82, 2.24) is 34.8 Å². The smallest absolute Gasteiger partial charge is 0.425 e. The fraction of sp³-hybridized carbons (Fsp3) is 0.250. The molecule has 18 heteroatoms. The maximum atomic E-state index is 13.7. The Bertz CT molecular complexity index is 1620. The van der Waals surface area contributed by atoms with Crippen LogP contribution in [0.2, 0.25) is 5.02 Å². The van der Waals surface area contributed by atoms with E-state index >= 15 is 0 Å². The van der Waals surface area contributed by atoms with Gasteiger partial charge in [0.1, 0.15) is 6.67 Å². The minimum absolute atomic E-state index is 0.00204. The summed E-state index contributed by atoms with van der Waals surface area (Å²) in [5.74, 6) is -1.47. The third kappa shape index (κ3) is 6.41. The molecule has 0 aliphatic heterocycles. The number of hydrogen-bond donors (Lipinski definition) is 4. The summed E-state index contributed by atoms with van der Waals surface area (Å²) in [6.07, 6.45) is 0.0544. The summed E-state index contributed by atoms with van der Waals surface area (Å²) >= 11 is 6.36. The Morgan fingerprint density at radius 1 is 1.19 bits per heavy atom. The molecule has 222 valence electrons. The zero-order valence-electron chi connectivity index (χ0n) is 21.4. The van der Waals surface area contributed by atoms with Gasteiger partial charge >= 0.3 is 6.18 Å². The number of carbonyl (C=O) groups is 3. The number of carbonyl (C=O) groups excluding carboxylic acids is 3. The number of nitrogens with zero attached hydrogens (tertiary/aromatic N) is 5. The maximum absolute atomic E-state index is 13.7. The summed E-state index contributed by atoms with van der Waals surface area (Å²) < 4.78 is 61.1. The lowest BCUT2D eigenvalue weighted by Crippen LogP contribution is -2.38. The molecule has 0 fully saturated rings. The van der Waals surface area contributed by atoms with Crippen molar-refractivity contribution in [3.8, 4) is 17.0 Å². The lowest BCUT2D eigenvalue weighted by Gasteiger charge is -2.15. The third-order valence-corrected chi connectivity index (χ3v) is 6.06. The van der Waals surface area contributed by atoms with Crippen LogP contribution in [0.5, 0.6) is 5.75 Å². The van der Waals surface area contributed by atoms with Gasteiger partial charge < -0.3 is 26.4 Å². The van der Waals surface area contributed by atoms with Crippen LogP contribution < -0.4 is 26.4 Å². The van der Waals surface area contributed by atoms with E-state index in [0.717, 1.165) is 10.9 Å². The van der Waals surface area contributed by atoms with Gasteiger partial charge in [-0.1, -0.05) is 11.6 Å². The average Bonchev–Trinajstić information content (AvgIpc) is 3.58. The molecular formula is C24H22ClF4N9O4. The lowest BCUT2D eigenvalue weighted by atomic mass is 10.1. The van der Waals surface area contributed by atoms with Crippen molar-refractivity contribution < 1.29 is 36.7 Å². The largest absolute Gasteiger partial charge is 0.435 e. The molecule has 42 heavy (non-hydrogen) atoms. The molecule has 0 aliphatic rings. The number of aryl methyl sites for hydroxylation is 1. The van der Waals surface area contributed by atoms with Crippen molar-refractivity contribution in [3.05, 3.63) is 53.2 Å². The van der Waals surface area contributed by atoms with Gasteiger partial charge in [0.25, 0.3) is 12.4 Å². The van der Waals surface area contributed by atoms with Crippen molar-refractivity contribution >= 4 is 47.0 Å². The summed E-state index contributed by atoms with van der Waals surface area (Å²) in [7, 11) is 0. The number of amides is 2. The van der Waals surface area contributed by atoms with Crippen LogP contribution in [0, 0.1) is 0 Å². The number of hydrogen-bond acceptors (Lipinski definition) is 9. The topological polar surface area (TPSA) is 171 Å². The van der Waals surface area contributed by atoms with E-state index in [1.165, 1.54) is 35.1 Å². The Balaban J connectivity index is 1.67. The Kier molecular flexibility index (Phi) is 9.21. The van der Waals surface area contributed by atoms with Gasteiger partial charge in [0.2, 0.25) is 5.91 Å². The average molecular weight is 612 g/mol. The highest BCUT2D eigenvalue weighted by Crippen LogP contribution is 2.39. The predicted octanol–water partition coefficient (Wildman–Crippen LogP) is 2.32. The van der Waals surface area contributed by atoms with Crippen molar-refractivity contribution in [1.29, 1.82) is 0 Å². The molecule has 1 aromatic carbocycles. The number of alkyl halides is 4. The zero-order chi connectivity index (χ0) is 30.4. The standard InChI is InChI=1S/C24H22ClF4N9O4/c25-18-13(23(41)34-10-17(40)31-5-4-30)1-2-15(19(18)42-12-39)35-21-22-33-9-16(38(22)8-6-32-21)14-11-37(7-3-26)36-20(14)24(27,28)29/h1-2,6,8-9,11-12H,3-5,7,10,30H2,(H,31,40)(H,32,35)(H,34,41). The van der Waals surface area contributed by atoms with Crippen LogP contribution in [0.25, 0.3) is 16.9 Å². The van der Waals surface area contributed by atoms with Crippen LogP contribution in [0.15, 0.2) is 36.9 Å². The lowest BCUT2D eigenvalue weighted by molar-refractivity contribution is -0.141. The van der Waals surface area contributed by atoms with Crippen LogP contribution in [0.1, 0.15) is 16.1 Å². The number of nitrogens with two attached hydrogens (primary N) is 1. The second-order valence-electron chi connectivity index (χ2n) is 8.42. The van der Waals surface area contributed by atoms with Crippen molar-refractivity contribution in [2.75, 3.05) is 31.6 Å². The molecular weight excluding hydrogens is 590 g/mol. The Labute approximate surface area is 239 Å². The summed E-state index contributed by atoms with van der Waals surface area (Å²) in [4.78, 5) is 44.0. The quantitative estimate of drug-likeness (QED) is 0.139. The minimum atomic E-state index is -4.82. The molecule has 0 unspecified atom stereocenters. The van der Waals surface area contributed by atoms with Crippen LogP contribution in [0.4, 0.5) is 29.1 Å². The van der Waals surface area contributed by atoms with Crippen molar-refractivity contribution in [2.24, 2.45) is 5.73 Å². The molecule has 2 amide bonds. The molecule has 4 rings (SSSR count). The van der Waals surface area contributed by atoms with Crippen LogP contribution in [-0.4, -0.2) is 68.7 Å². The van der Waals surface area contributed by atoms with E-state index in [9.17, 15) is 31.9 Å². The number of imidazole rings is 1. The van der Waals surface area contributed by atoms with Gasteiger partial charge in [0, 0.05) is 31.7 Å². The van der Waals surface area contributed by atoms with Gasteiger partial charge in [-0.25, -0.2) is 14.4 Å². The number of anilines is 2. The third-order valence-electron chi connectivity index (χ3n) is 5.68. The molecule has 5 N–H and O–H groups in total. The molecule has 3 aromatic heterocycles. The second-order valence-corrected chi connectivity index (χ2v) is 8.80. The predicted molar refractivity (Wildman–Crippen MR) is 141 cm³/mol. The fourth-order valence-corrected chi connectivity index (χ4v) is 4.17. The van der Waals surface area contributed by atoms with E-state index in [0.29, 0.717) is 0 Å². The normalized spacial score (nSPS) is 11.4. The molecule has 0 atom stereocenters. The molecule has 0 radical (unpaired) electrons. The first kappa shape index (κ1) is 30.2. The molecule has 0 aliphatic carbocycles. The first-order valence-corrected chi connectivity index (χ1v) is 12.4. The van der Waals surface area contributed by atoms with Crippen LogP contribution in [-0.2, 0) is 22.3 Å². The first-order valence-electron chi connectivity index (χ1n) is 12.1. The summed E-state index contributed by atoms with van der Waals surface area (Å²) in [5.41, 5.74) is 3.77. The number of fused-ring (bicyclic) bond motifs is 1. The summed E-state index contributed by atoms with van der Waals surface area (Å²) in [5, 5.41) is 10.9. The summed E-state index contributed by atoms with van der Waals surface area (Å²) in [6, 6.07) is 2.63. The number of benzene rings is 1. The number of ether oxygens (including phenoxy) is 1. The first-order chi connectivity index (χ1) is 20.1. The van der Waals surface area contributed by atoms with Gasteiger partial charge in [-0.05, 0) is 12.1 Å². The molecule has 3 heterocycles. The van der Waals surface area contributed by atoms with Gasteiger partial charge in [0.15, 0.2) is 22.9 Å². The minimum Gasteiger partial charge on any atom is -0.425 e.